The molecule has 0 N–H and O–H groups in total. The first kappa shape index (κ1) is 17.9. The number of benzene rings is 2. The van der Waals surface area contributed by atoms with Crippen molar-refractivity contribution >= 4 is 5.52 Å². The standard InChI is InChI=1S/C22H21N3O3/c1-27-20-9-8-17(14-21(20)28-2)18-15-19-22(26)24(12-13-25(19)23-18)11-10-16-6-4-3-5-7-16/h3-9,12-15H,10-11H2,1-2H3. The summed E-state index contributed by atoms with van der Waals surface area (Å²) in [6, 6.07) is 17.5. The average Bonchev–Trinajstić information content (AvgIpc) is 3.19. The van der Waals surface area contributed by atoms with E-state index in [0.717, 1.165) is 12.0 Å². The second-order valence-electron chi connectivity index (χ2n) is 6.46. The van der Waals surface area contributed by atoms with Gasteiger partial charge in [-0.05, 0) is 36.2 Å². The molecule has 2 aromatic carbocycles. The third-order valence-corrected chi connectivity index (χ3v) is 4.77. The molecule has 2 aromatic heterocycles. The Morgan fingerprint density at radius 1 is 0.929 bits per heavy atom. The van der Waals surface area contributed by atoms with Crippen molar-refractivity contribution in [2.24, 2.45) is 0 Å². The number of fused-ring (bicyclic) bond motifs is 1. The van der Waals surface area contributed by atoms with E-state index in [2.05, 4.69) is 17.2 Å². The van der Waals surface area contributed by atoms with Crippen LogP contribution in [0.2, 0.25) is 0 Å². The lowest BCUT2D eigenvalue weighted by molar-refractivity contribution is 0.355. The monoisotopic (exact) mass is 375 g/mol. The van der Waals surface area contributed by atoms with E-state index in [0.29, 0.717) is 29.3 Å². The number of hydrogen-bond acceptors (Lipinski definition) is 4. The van der Waals surface area contributed by atoms with Crippen LogP contribution in [0.4, 0.5) is 0 Å². The van der Waals surface area contributed by atoms with Gasteiger partial charge in [0.1, 0.15) is 5.52 Å². The molecule has 0 spiro atoms. The Balaban J connectivity index is 1.66. The minimum absolute atomic E-state index is 0.0577. The maximum absolute atomic E-state index is 12.9. The third-order valence-electron chi connectivity index (χ3n) is 4.77. The van der Waals surface area contributed by atoms with Gasteiger partial charge in [0.15, 0.2) is 11.5 Å². The van der Waals surface area contributed by atoms with Crippen LogP contribution in [0.1, 0.15) is 5.56 Å². The first-order valence-corrected chi connectivity index (χ1v) is 9.05. The Bertz CT molecular complexity index is 1160. The van der Waals surface area contributed by atoms with Gasteiger partial charge in [0.25, 0.3) is 5.56 Å². The van der Waals surface area contributed by atoms with Gasteiger partial charge in [-0.3, -0.25) is 4.79 Å². The summed E-state index contributed by atoms with van der Waals surface area (Å²) in [7, 11) is 3.19. The van der Waals surface area contributed by atoms with E-state index < -0.39 is 0 Å². The van der Waals surface area contributed by atoms with Crippen molar-refractivity contribution in [2.45, 2.75) is 13.0 Å². The second kappa shape index (κ2) is 7.60. The highest BCUT2D eigenvalue weighted by atomic mass is 16.5. The Morgan fingerprint density at radius 2 is 1.71 bits per heavy atom. The normalized spacial score (nSPS) is 10.9. The van der Waals surface area contributed by atoms with Gasteiger partial charge in [-0.2, -0.15) is 5.10 Å². The summed E-state index contributed by atoms with van der Waals surface area (Å²) in [4.78, 5) is 12.9. The quantitative estimate of drug-likeness (QED) is 0.518. The lowest BCUT2D eigenvalue weighted by Gasteiger charge is -2.08. The number of aromatic nitrogens is 3. The van der Waals surface area contributed by atoms with E-state index in [1.54, 1.807) is 29.5 Å². The predicted octanol–water partition coefficient (Wildman–Crippen LogP) is 3.42. The minimum Gasteiger partial charge on any atom is -0.493 e. The number of methoxy groups -OCH3 is 2. The molecule has 28 heavy (non-hydrogen) atoms. The first-order chi connectivity index (χ1) is 13.7. The topological polar surface area (TPSA) is 57.8 Å². The fourth-order valence-corrected chi connectivity index (χ4v) is 3.23. The van der Waals surface area contributed by atoms with Crippen LogP contribution < -0.4 is 15.0 Å². The molecular weight excluding hydrogens is 354 g/mol. The number of ether oxygens (including phenoxy) is 2. The van der Waals surface area contributed by atoms with Crippen LogP contribution in [0.3, 0.4) is 0 Å². The molecule has 0 radical (unpaired) electrons. The summed E-state index contributed by atoms with van der Waals surface area (Å²) in [5.41, 5.74) is 3.25. The molecule has 0 aliphatic rings. The summed E-state index contributed by atoms with van der Waals surface area (Å²) in [5.74, 6) is 1.27. The van der Waals surface area contributed by atoms with E-state index >= 15 is 0 Å². The van der Waals surface area contributed by atoms with Crippen molar-refractivity contribution in [1.29, 1.82) is 0 Å². The van der Waals surface area contributed by atoms with Crippen molar-refractivity contribution in [3.8, 4) is 22.8 Å². The molecule has 142 valence electrons. The molecule has 0 fully saturated rings. The molecule has 0 bridgehead atoms. The van der Waals surface area contributed by atoms with Crippen LogP contribution in [0.5, 0.6) is 11.5 Å². The third kappa shape index (κ3) is 3.36. The Labute approximate surface area is 162 Å². The van der Waals surface area contributed by atoms with Crippen LogP contribution in [-0.4, -0.2) is 28.4 Å². The molecule has 0 amide bonds. The SMILES string of the molecule is COc1ccc(-c2cc3c(=O)n(CCc4ccccc4)ccn3n2)cc1OC. The molecular formula is C22H21N3O3. The van der Waals surface area contributed by atoms with E-state index in [1.165, 1.54) is 5.56 Å². The highest BCUT2D eigenvalue weighted by Gasteiger charge is 2.12. The van der Waals surface area contributed by atoms with Crippen molar-refractivity contribution in [3.63, 3.8) is 0 Å². The molecule has 4 aromatic rings. The van der Waals surface area contributed by atoms with Crippen LogP contribution in [-0.2, 0) is 13.0 Å². The van der Waals surface area contributed by atoms with Crippen LogP contribution in [0, 0.1) is 0 Å². The molecule has 6 nitrogen and oxygen atoms in total. The smallest absolute Gasteiger partial charge is 0.276 e. The zero-order valence-corrected chi connectivity index (χ0v) is 15.8. The van der Waals surface area contributed by atoms with Crippen LogP contribution in [0.15, 0.2) is 71.8 Å². The van der Waals surface area contributed by atoms with Gasteiger partial charge in [-0.15, -0.1) is 0 Å². The molecule has 0 aliphatic heterocycles. The van der Waals surface area contributed by atoms with E-state index in [4.69, 9.17) is 9.47 Å². The van der Waals surface area contributed by atoms with Gasteiger partial charge in [-0.1, -0.05) is 30.3 Å². The molecule has 0 saturated heterocycles. The van der Waals surface area contributed by atoms with Crippen molar-refractivity contribution in [3.05, 3.63) is 82.9 Å². The van der Waals surface area contributed by atoms with Gasteiger partial charge < -0.3 is 14.0 Å². The Morgan fingerprint density at radius 3 is 2.46 bits per heavy atom. The van der Waals surface area contributed by atoms with Gasteiger partial charge in [0.2, 0.25) is 0 Å². The lowest BCUT2D eigenvalue weighted by atomic mass is 10.1. The summed E-state index contributed by atoms with van der Waals surface area (Å²) >= 11 is 0. The summed E-state index contributed by atoms with van der Waals surface area (Å²) in [5, 5.41) is 4.54. The number of nitrogens with zero attached hydrogens (tertiary/aromatic N) is 3. The maximum Gasteiger partial charge on any atom is 0.276 e. The average molecular weight is 375 g/mol. The van der Waals surface area contributed by atoms with Gasteiger partial charge in [-0.25, -0.2) is 4.52 Å². The molecule has 2 heterocycles. The minimum atomic E-state index is -0.0577. The summed E-state index contributed by atoms with van der Waals surface area (Å²) in [6.07, 6.45) is 4.39. The van der Waals surface area contributed by atoms with Gasteiger partial charge in [0, 0.05) is 24.5 Å². The zero-order chi connectivity index (χ0) is 19.5. The second-order valence-corrected chi connectivity index (χ2v) is 6.46. The first-order valence-electron chi connectivity index (χ1n) is 9.05. The maximum atomic E-state index is 12.9. The number of aryl methyl sites for hydroxylation is 2. The largest absolute Gasteiger partial charge is 0.493 e. The van der Waals surface area contributed by atoms with E-state index in [1.807, 2.05) is 48.7 Å². The van der Waals surface area contributed by atoms with Gasteiger partial charge >= 0.3 is 0 Å². The fourth-order valence-electron chi connectivity index (χ4n) is 3.23. The highest BCUT2D eigenvalue weighted by molar-refractivity contribution is 5.68. The number of rotatable bonds is 6. The molecule has 6 heteroatoms. The molecule has 0 atom stereocenters. The fraction of sp³-hybridized carbons (Fsp3) is 0.182. The molecule has 0 unspecified atom stereocenters. The molecule has 0 aliphatic carbocycles. The number of hydrogen-bond donors (Lipinski definition) is 0. The van der Waals surface area contributed by atoms with Crippen molar-refractivity contribution < 1.29 is 9.47 Å². The van der Waals surface area contributed by atoms with Crippen molar-refractivity contribution in [2.75, 3.05) is 14.2 Å². The van der Waals surface area contributed by atoms with E-state index in [-0.39, 0.29) is 5.56 Å². The predicted molar refractivity (Wildman–Crippen MR) is 108 cm³/mol. The van der Waals surface area contributed by atoms with Gasteiger partial charge in [0.05, 0.1) is 19.9 Å². The Hall–Kier alpha value is -3.54. The Kier molecular flexibility index (Phi) is 4.85. The van der Waals surface area contributed by atoms with E-state index in [9.17, 15) is 4.79 Å². The van der Waals surface area contributed by atoms with Crippen LogP contribution in [0.25, 0.3) is 16.8 Å². The van der Waals surface area contributed by atoms with Crippen LogP contribution >= 0.6 is 0 Å². The van der Waals surface area contributed by atoms with Crippen molar-refractivity contribution in [1.82, 2.24) is 14.2 Å². The molecule has 4 rings (SSSR count). The highest BCUT2D eigenvalue weighted by Crippen LogP contribution is 2.31. The molecule has 0 saturated carbocycles. The summed E-state index contributed by atoms with van der Waals surface area (Å²) < 4.78 is 14.0. The summed E-state index contributed by atoms with van der Waals surface area (Å²) in [6.45, 7) is 0.621. The lowest BCUT2D eigenvalue weighted by Crippen LogP contribution is -2.22. The zero-order valence-electron chi connectivity index (χ0n) is 15.8.